The van der Waals surface area contributed by atoms with E-state index >= 15 is 0 Å². The van der Waals surface area contributed by atoms with Crippen molar-refractivity contribution in [1.29, 1.82) is 10.5 Å². The molecule has 0 aliphatic heterocycles. The van der Waals surface area contributed by atoms with Crippen molar-refractivity contribution in [1.82, 2.24) is 0 Å². The van der Waals surface area contributed by atoms with Gasteiger partial charge in [-0.1, -0.05) is 46.7 Å². The van der Waals surface area contributed by atoms with Crippen LogP contribution < -0.4 is 0 Å². The van der Waals surface area contributed by atoms with Gasteiger partial charge in [-0.15, -0.1) is 0 Å². The zero-order chi connectivity index (χ0) is 10.5. The van der Waals surface area contributed by atoms with Gasteiger partial charge in [-0.3, -0.25) is 0 Å². The molecule has 0 saturated carbocycles. The summed E-state index contributed by atoms with van der Waals surface area (Å²) in [6.45, 7) is 2.08. The largest absolute Gasteiger partial charge is 0.696 e. The molecule has 0 amide bonds. The fourth-order valence-electron chi connectivity index (χ4n) is 0.534. The fraction of sp³-hybridized carbons (Fsp3) is 0.111. The normalized spacial score (nSPS) is 5.77. The summed E-state index contributed by atoms with van der Waals surface area (Å²) in [5.41, 5.74) is 1.32. The summed E-state index contributed by atoms with van der Waals surface area (Å²) in [5, 5.41) is 16.9. The van der Waals surface area contributed by atoms with Crippen LogP contribution in [0.5, 0.6) is 0 Å². The second-order valence-corrected chi connectivity index (χ2v) is 2.20. The van der Waals surface area contributed by atoms with Gasteiger partial charge in [-0.25, -0.2) is 10.5 Å². The number of nitriles is 2. The molecule has 0 radical (unpaired) electrons. The van der Waals surface area contributed by atoms with E-state index in [-0.39, 0.29) is 0 Å². The molecule has 0 atom stereocenters. The highest BCUT2D eigenvalue weighted by molar-refractivity contribution is 7.64. The van der Waals surface area contributed by atoms with Gasteiger partial charge in [-0.05, 0) is 6.92 Å². The lowest BCUT2D eigenvalue weighted by Crippen LogP contribution is -1.62. The first kappa shape index (κ1) is 14.2. The Labute approximate surface area is 89.6 Å². The maximum absolute atomic E-state index is 7.13. The smallest absolute Gasteiger partial charge is 0.0398 e. The van der Waals surface area contributed by atoms with E-state index < -0.39 is 0 Å². The molecule has 0 bridgehead atoms. The number of thiocyanates is 2. The van der Waals surface area contributed by atoms with Gasteiger partial charge in [0, 0.05) is 0 Å². The zero-order valence-corrected chi connectivity index (χ0v) is 8.73. The van der Waals surface area contributed by atoms with E-state index in [9.17, 15) is 0 Å². The Hall–Kier alpha value is -1.36. The molecule has 0 unspecified atom stereocenters. The number of hydrogen-bond acceptors (Lipinski definition) is 4. The summed E-state index contributed by atoms with van der Waals surface area (Å²) in [7, 11) is 0. The fourth-order valence-corrected chi connectivity index (χ4v) is 0.534. The SMILES string of the molecule is Cc1ccccc1.N#C[S-].N#C[S-]. The topological polar surface area (TPSA) is 47.6 Å². The predicted octanol–water partition coefficient (Wildman–Crippen LogP) is 2.02. The van der Waals surface area contributed by atoms with E-state index in [2.05, 4.69) is 44.3 Å². The molecule has 1 aromatic rings. The number of rotatable bonds is 0. The van der Waals surface area contributed by atoms with Gasteiger partial charge in [0.05, 0.1) is 0 Å². The minimum atomic E-state index is 1.32. The molecule has 0 aromatic heterocycles. The van der Waals surface area contributed by atoms with Crippen LogP contribution in [0.4, 0.5) is 0 Å². The Balaban J connectivity index is 0. The average molecular weight is 208 g/mol. The van der Waals surface area contributed by atoms with E-state index in [0.717, 1.165) is 0 Å². The molecule has 68 valence electrons. The van der Waals surface area contributed by atoms with Gasteiger partial charge in [0.2, 0.25) is 0 Å². The minimum Gasteiger partial charge on any atom is -0.696 e. The van der Waals surface area contributed by atoms with Gasteiger partial charge in [0.25, 0.3) is 0 Å². The predicted molar refractivity (Wildman–Crippen MR) is 57.1 cm³/mol. The van der Waals surface area contributed by atoms with Crippen molar-refractivity contribution >= 4 is 25.3 Å². The van der Waals surface area contributed by atoms with E-state index in [4.69, 9.17) is 10.5 Å². The van der Waals surface area contributed by atoms with Gasteiger partial charge in [0.1, 0.15) is 0 Å². The van der Waals surface area contributed by atoms with Crippen molar-refractivity contribution in [3.63, 3.8) is 0 Å². The molecule has 4 heteroatoms. The van der Waals surface area contributed by atoms with Crippen molar-refractivity contribution in [2.75, 3.05) is 0 Å². The minimum absolute atomic E-state index is 1.32. The van der Waals surface area contributed by atoms with Crippen molar-refractivity contribution in [3.05, 3.63) is 35.9 Å². The quantitative estimate of drug-likeness (QED) is 0.483. The Morgan fingerprint density at radius 3 is 1.46 bits per heavy atom. The number of benzene rings is 1. The van der Waals surface area contributed by atoms with Crippen LogP contribution in [0.25, 0.3) is 0 Å². The highest BCUT2D eigenvalue weighted by atomic mass is 32.1. The number of hydrogen-bond donors (Lipinski definition) is 0. The molecule has 0 aliphatic rings. The van der Waals surface area contributed by atoms with E-state index in [1.807, 2.05) is 18.2 Å². The molecule has 13 heavy (non-hydrogen) atoms. The number of nitrogens with zero attached hydrogens (tertiary/aromatic N) is 2. The molecule has 1 aromatic carbocycles. The van der Waals surface area contributed by atoms with Gasteiger partial charge in [-0.2, -0.15) is 0 Å². The van der Waals surface area contributed by atoms with Crippen LogP contribution in [0.1, 0.15) is 5.56 Å². The molecule has 0 saturated heterocycles. The Morgan fingerprint density at radius 2 is 1.31 bits per heavy atom. The Bertz CT molecular complexity index is 260. The lowest BCUT2D eigenvalue weighted by molar-refractivity contribution is 1.48. The van der Waals surface area contributed by atoms with E-state index in [0.29, 0.717) is 0 Å². The molecule has 0 aliphatic carbocycles. The number of aryl methyl sites for hydroxylation is 1. The highest BCUT2D eigenvalue weighted by Gasteiger charge is 1.72. The average Bonchev–Trinajstić information content (AvgIpc) is 2.08. The lowest BCUT2D eigenvalue weighted by atomic mass is 10.2. The standard InChI is InChI=1S/C7H8.2CHNS/c1-7-5-3-2-4-6-7;2*2-1-3/h2-6H,1H3;2*3H/p-2. The molecular weight excluding hydrogens is 200 g/mol. The maximum Gasteiger partial charge on any atom is -0.0398 e. The summed E-state index contributed by atoms with van der Waals surface area (Å²) in [6.07, 6.45) is 0. The van der Waals surface area contributed by atoms with Crippen LogP contribution in [-0.2, 0) is 25.3 Å². The summed E-state index contributed by atoms with van der Waals surface area (Å²) < 4.78 is 0. The first-order valence-corrected chi connectivity index (χ1v) is 4.08. The highest BCUT2D eigenvalue weighted by Crippen LogP contribution is 1.92. The molecule has 0 spiro atoms. The summed E-state index contributed by atoms with van der Waals surface area (Å²) in [4.78, 5) is 0. The molecule has 2 nitrogen and oxygen atoms in total. The molecule has 1 rings (SSSR count). The van der Waals surface area contributed by atoms with Crippen molar-refractivity contribution in [3.8, 4) is 10.8 Å². The molecule has 0 fully saturated rings. The third-order valence-electron chi connectivity index (χ3n) is 0.940. The second kappa shape index (κ2) is 13.2. The summed E-state index contributed by atoms with van der Waals surface area (Å²) >= 11 is 7.40. The van der Waals surface area contributed by atoms with Gasteiger partial charge in [0.15, 0.2) is 0 Å². The first-order valence-electron chi connectivity index (χ1n) is 3.27. The van der Waals surface area contributed by atoms with Crippen molar-refractivity contribution in [2.45, 2.75) is 6.92 Å². The zero-order valence-electron chi connectivity index (χ0n) is 7.10. The summed E-state index contributed by atoms with van der Waals surface area (Å²) in [5.74, 6) is 0. The Morgan fingerprint density at radius 1 is 1.00 bits per heavy atom. The molecule has 0 N–H and O–H groups in total. The first-order chi connectivity index (χ1) is 6.22. The monoisotopic (exact) mass is 208 g/mol. The summed E-state index contributed by atoms with van der Waals surface area (Å²) in [6, 6.07) is 10.3. The van der Waals surface area contributed by atoms with E-state index in [1.165, 1.54) is 16.4 Å². The van der Waals surface area contributed by atoms with Crippen LogP contribution in [0.15, 0.2) is 30.3 Å². The van der Waals surface area contributed by atoms with Crippen LogP contribution >= 0.6 is 0 Å². The van der Waals surface area contributed by atoms with Crippen molar-refractivity contribution in [2.24, 2.45) is 0 Å². The molecule has 0 heterocycles. The maximum atomic E-state index is 7.13. The van der Waals surface area contributed by atoms with Crippen LogP contribution in [0, 0.1) is 28.3 Å². The van der Waals surface area contributed by atoms with Gasteiger partial charge >= 0.3 is 0 Å². The molecular formula is C9H8N2S2-2. The third-order valence-corrected chi connectivity index (χ3v) is 0.940. The Kier molecular flexibility index (Phi) is 14.4. The second-order valence-electron chi connectivity index (χ2n) is 1.84. The third kappa shape index (κ3) is 18.0. The van der Waals surface area contributed by atoms with Crippen LogP contribution in [0.3, 0.4) is 0 Å². The lowest BCUT2D eigenvalue weighted by Gasteiger charge is -1.82. The van der Waals surface area contributed by atoms with Crippen LogP contribution in [-0.4, -0.2) is 0 Å². The van der Waals surface area contributed by atoms with Crippen molar-refractivity contribution < 1.29 is 0 Å². The van der Waals surface area contributed by atoms with Crippen LogP contribution in [0.2, 0.25) is 0 Å². The van der Waals surface area contributed by atoms with E-state index in [1.54, 1.807) is 0 Å². The van der Waals surface area contributed by atoms with Gasteiger partial charge < -0.3 is 25.3 Å².